The van der Waals surface area contributed by atoms with Crippen molar-refractivity contribution in [2.75, 3.05) is 13.1 Å². The van der Waals surface area contributed by atoms with Crippen molar-refractivity contribution in [2.45, 2.75) is 76.7 Å². The molecule has 3 fully saturated rings. The number of hydrogen-bond donors (Lipinski definition) is 1. The van der Waals surface area contributed by atoms with Crippen LogP contribution >= 0.6 is 0 Å². The molecule has 1 aliphatic heterocycles. The van der Waals surface area contributed by atoms with Gasteiger partial charge in [0, 0.05) is 19.1 Å². The summed E-state index contributed by atoms with van der Waals surface area (Å²) in [5, 5.41) is 3.17. The maximum Gasteiger partial charge on any atom is 0.238 e. The van der Waals surface area contributed by atoms with Crippen molar-refractivity contribution in [1.29, 1.82) is 0 Å². The Morgan fingerprint density at radius 3 is 2.00 bits per heavy atom. The summed E-state index contributed by atoms with van der Waals surface area (Å²) in [5.41, 5.74) is -0.693. The fraction of sp³-hybridized carbons (Fsp3) is 0.882. The van der Waals surface area contributed by atoms with Crippen LogP contribution in [0.2, 0.25) is 0 Å². The molecule has 0 spiro atoms. The van der Waals surface area contributed by atoms with Crippen LogP contribution in [0.1, 0.15) is 70.6 Å². The number of hydrogen-bond acceptors (Lipinski definition) is 2. The highest BCUT2D eigenvalue weighted by molar-refractivity contribution is 6.08. The van der Waals surface area contributed by atoms with E-state index in [1.165, 1.54) is 32.1 Å². The molecule has 0 aromatic heterocycles. The van der Waals surface area contributed by atoms with Gasteiger partial charge in [-0.05, 0) is 38.5 Å². The van der Waals surface area contributed by atoms with E-state index < -0.39 is 5.41 Å². The highest BCUT2D eigenvalue weighted by atomic mass is 16.2. The third-order valence-corrected chi connectivity index (χ3v) is 5.43. The van der Waals surface area contributed by atoms with E-state index in [9.17, 15) is 9.59 Å². The number of likely N-dealkylation sites (tertiary alicyclic amines) is 1. The molecule has 21 heavy (non-hydrogen) atoms. The first-order valence-corrected chi connectivity index (χ1v) is 8.83. The smallest absolute Gasteiger partial charge is 0.238 e. The third-order valence-electron chi connectivity index (χ3n) is 5.43. The van der Waals surface area contributed by atoms with Crippen molar-refractivity contribution in [3.63, 3.8) is 0 Å². The zero-order valence-electron chi connectivity index (χ0n) is 13.0. The molecule has 1 N–H and O–H groups in total. The van der Waals surface area contributed by atoms with E-state index in [0.717, 1.165) is 51.6 Å². The standard InChI is InChI=1S/C17H28N2O2/c20-15(18-14-8-4-3-5-9-14)17(10-11-17)16(21)19-12-6-1-2-7-13-19/h14H,1-13H2,(H,18,20). The second-order valence-electron chi connectivity index (χ2n) is 7.10. The summed E-state index contributed by atoms with van der Waals surface area (Å²) in [6.45, 7) is 1.69. The fourth-order valence-electron chi connectivity index (χ4n) is 3.81. The zero-order valence-corrected chi connectivity index (χ0v) is 13.0. The van der Waals surface area contributed by atoms with Crippen molar-refractivity contribution in [1.82, 2.24) is 10.2 Å². The molecule has 4 nitrogen and oxygen atoms in total. The summed E-state index contributed by atoms with van der Waals surface area (Å²) in [4.78, 5) is 27.3. The largest absolute Gasteiger partial charge is 0.352 e. The summed E-state index contributed by atoms with van der Waals surface area (Å²) < 4.78 is 0. The average molecular weight is 292 g/mol. The van der Waals surface area contributed by atoms with Gasteiger partial charge in [-0.1, -0.05) is 32.1 Å². The minimum Gasteiger partial charge on any atom is -0.352 e. The lowest BCUT2D eigenvalue weighted by Gasteiger charge is -2.28. The van der Waals surface area contributed by atoms with Crippen molar-refractivity contribution >= 4 is 11.8 Å². The SMILES string of the molecule is O=C(NC1CCCCC1)C1(C(=O)N2CCCCCC2)CC1. The molecule has 0 aromatic carbocycles. The summed E-state index contributed by atoms with van der Waals surface area (Å²) in [7, 11) is 0. The van der Waals surface area contributed by atoms with Gasteiger partial charge in [0.05, 0.1) is 0 Å². The number of amides is 2. The molecule has 1 heterocycles. The van der Waals surface area contributed by atoms with Crippen LogP contribution < -0.4 is 5.32 Å². The summed E-state index contributed by atoms with van der Waals surface area (Å²) in [6, 6.07) is 0.306. The lowest BCUT2D eigenvalue weighted by atomic mass is 9.94. The van der Waals surface area contributed by atoms with Crippen LogP contribution in [0.5, 0.6) is 0 Å². The zero-order chi connectivity index (χ0) is 14.7. The second-order valence-corrected chi connectivity index (χ2v) is 7.10. The second kappa shape index (κ2) is 6.37. The topological polar surface area (TPSA) is 49.4 Å². The number of carbonyl (C=O) groups is 2. The van der Waals surface area contributed by atoms with E-state index in [2.05, 4.69) is 5.32 Å². The van der Waals surface area contributed by atoms with Crippen molar-refractivity contribution in [3.05, 3.63) is 0 Å². The van der Waals surface area contributed by atoms with Crippen LogP contribution in [0.4, 0.5) is 0 Å². The monoisotopic (exact) mass is 292 g/mol. The van der Waals surface area contributed by atoms with Gasteiger partial charge in [-0.15, -0.1) is 0 Å². The number of nitrogens with one attached hydrogen (secondary N) is 1. The molecule has 0 bridgehead atoms. The average Bonchev–Trinajstić information content (AvgIpc) is 3.33. The predicted octanol–water partition coefficient (Wildman–Crippen LogP) is 2.62. The quantitative estimate of drug-likeness (QED) is 0.813. The Morgan fingerprint density at radius 2 is 1.43 bits per heavy atom. The van der Waals surface area contributed by atoms with Gasteiger partial charge in [0.1, 0.15) is 5.41 Å². The molecule has 0 radical (unpaired) electrons. The fourth-order valence-corrected chi connectivity index (χ4v) is 3.81. The molecule has 0 unspecified atom stereocenters. The molecule has 2 amide bonds. The summed E-state index contributed by atoms with van der Waals surface area (Å²) in [6.07, 6.45) is 12.0. The minimum atomic E-state index is -0.693. The van der Waals surface area contributed by atoms with Crippen LogP contribution in [-0.2, 0) is 9.59 Å². The van der Waals surface area contributed by atoms with Gasteiger partial charge < -0.3 is 10.2 Å². The first-order valence-electron chi connectivity index (χ1n) is 8.83. The van der Waals surface area contributed by atoms with Crippen molar-refractivity contribution in [2.24, 2.45) is 5.41 Å². The molecule has 0 aromatic rings. The van der Waals surface area contributed by atoms with Crippen LogP contribution in [-0.4, -0.2) is 35.8 Å². The third kappa shape index (κ3) is 3.24. The number of rotatable bonds is 3. The van der Waals surface area contributed by atoms with Gasteiger partial charge in [-0.2, -0.15) is 0 Å². The van der Waals surface area contributed by atoms with E-state index in [1.54, 1.807) is 0 Å². The molecule has 0 atom stereocenters. The highest BCUT2D eigenvalue weighted by Crippen LogP contribution is 2.48. The Morgan fingerprint density at radius 1 is 0.857 bits per heavy atom. The lowest BCUT2D eigenvalue weighted by molar-refractivity contribution is -0.144. The van der Waals surface area contributed by atoms with Crippen molar-refractivity contribution < 1.29 is 9.59 Å². The van der Waals surface area contributed by atoms with Crippen LogP contribution in [0, 0.1) is 5.41 Å². The first kappa shape index (κ1) is 14.9. The lowest BCUT2D eigenvalue weighted by Crippen LogP contribution is -2.48. The highest BCUT2D eigenvalue weighted by Gasteiger charge is 2.58. The molecule has 2 saturated carbocycles. The predicted molar refractivity (Wildman–Crippen MR) is 81.7 cm³/mol. The molecular formula is C17H28N2O2. The Labute approximate surface area is 127 Å². The van der Waals surface area contributed by atoms with Crippen LogP contribution in [0.25, 0.3) is 0 Å². The van der Waals surface area contributed by atoms with Gasteiger partial charge in [-0.25, -0.2) is 0 Å². The van der Waals surface area contributed by atoms with Crippen LogP contribution in [0.15, 0.2) is 0 Å². The van der Waals surface area contributed by atoms with Gasteiger partial charge in [0.2, 0.25) is 11.8 Å². The van der Waals surface area contributed by atoms with E-state index in [1.807, 2.05) is 4.90 Å². The van der Waals surface area contributed by atoms with E-state index in [0.29, 0.717) is 6.04 Å². The van der Waals surface area contributed by atoms with Gasteiger partial charge in [0.25, 0.3) is 0 Å². The Hall–Kier alpha value is -1.06. The Kier molecular flexibility index (Phi) is 4.51. The molecular weight excluding hydrogens is 264 g/mol. The maximum atomic E-state index is 12.8. The maximum absolute atomic E-state index is 12.8. The first-order chi connectivity index (χ1) is 10.2. The molecule has 3 rings (SSSR count). The molecule has 1 saturated heterocycles. The number of nitrogens with zero attached hydrogens (tertiary/aromatic N) is 1. The molecule has 4 heteroatoms. The molecule has 3 aliphatic rings. The summed E-state index contributed by atoms with van der Waals surface area (Å²) >= 11 is 0. The number of carbonyl (C=O) groups excluding carboxylic acids is 2. The van der Waals surface area contributed by atoms with E-state index in [4.69, 9.17) is 0 Å². The van der Waals surface area contributed by atoms with Crippen molar-refractivity contribution in [3.8, 4) is 0 Å². The van der Waals surface area contributed by atoms with E-state index >= 15 is 0 Å². The Bertz CT molecular complexity index is 390. The Balaban J connectivity index is 1.59. The molecule has 2 aliphatic carbocycles. The van der Waals surface area contributed by atoms with Crippen LogP contribution in [0.3, 0.4) is 0 Å². The molecule has 118 valence electrons. The van der Waals surface area contributed by atoms with E-state index in [-0.39, 0.29) is 11.8 Å². The minimum absolute atomic E-state index is 0.0173. The normalized spacial score (nSPS) is 26.0. The van der Waals surface area contributed by atoms with Gasteiger partial charge in [-0.3, -0.25) is 9.59 Å². The van der Waals surface area contributed by atoms with Gasteiger partial charge in [0.15, 0.2) is 0 Å². The van der Waals surface area contributed by atoms with Gasteiger partial charge >= 0.3 is 0 Å². The summed E-state index contributed by atoms with van der Waals surface area (Å²) in [5.74, 6) is 0.126.